The Hall–Kier alpha value is 0.270. The monoisotopic (exact) mass is 149 g/mol. The van der Waals surface area contributed by atoms with Crippen LogP contribution in [0.25, 0.3) is 0 Å². The molecule has 0 amide bonds. The molecule has 55 valence electrons. The Morgan fingerprint density at radius 2 is 2.11 bits per heavy atom. The average Bonchev–Trinajstić information content (AvgIpc) is 1.82. The fraction of sp³-hybridized carbons (Fsp3) is 1.00. The minimum absolute atomic E-state index is 0.127. The third-order valence-electron chi connectivity index (χ3n) is 0.940. The van der Waals surface area contributed by atoms with Crippen LogP contribution in [0.2, 0.25) is 0 Å². The smallest absolute Gasteiger partial charge is 0.158 e. The summed E-state index contributed by atoms with van der Waals surface area (Å²) in [6.45, 7) is 3.81. The van der Waals surface area contributed by atoms with E-state index in [9.17, 15) is 0 Å². The molecular weight excluding hydrogens is 136 g/mol. The zero-order valence-electron chi connectivity index (χ0n) is 6.09. The minimum Gasteiger partial charge on any atom is -0.356 e. The second-order valence-electron chi connectivity index (χ2n) is 1.78. The molecule has 0 bridgehead atoms. The lowest BCUT2D eigenvalue weighted by Crippen LogP contribution is -2.17. The minimum atomic E-state index is -0.158. The van der Waals surface area contributed by atoms with Crippen LogP contribution in [0, 0.1) is 0 Å². The van der Waals surface area contributed by atoms with Gasteiger partial charge in [-0.3, -0.25) is 0 Å². The summed E-state index contributed by atoms with van der Waals surface area (Å²) in [4.78, 5) is 0. The lowest BCUT2D eigenvalue weighted by Gasteiger charge is -2.15. The molecule has 1 radical (unpaired) electrons. The molecule has 2 unspecified atom stereocenters. The van der Waals surface area contributed by atoms with Crippen molar-refractivity contribution in [3.63, 3.8) is 0 Å². The van der Waals surface area contributed by atoms with Gasteiger partial charge in [0.25, 0.3) is 0 Å². The SMILES string of the molecule is CCC(OC)OC(C)[S]. The fourth-order valence-electron chi connectivity index (χ4n) is 0.532. The highest BCUT2D eigenvalue weighted by Crippen LogP contribution is 2.04. The lowest BCUT2D eigenvalue weighted by molar-refractivity contribution is -0.129. The molecular formula is C6H13O2S. The van der Waals surface area contributed by atoms with Gasteiger partial charge in [-0.05, 0) is 13.3 Å². The number of hydrogen-bond acceptors (Lipinski definition) is 2. The van der Waals surface area contributed by atoms with Gasteiger partial charge in [0, 0.05) is 7.11 Å². The predicted molar refractivity (Wildman–Crippen MR) is 39.2 cm³/mol. The van der Waals surface area contributed by atoms with E-state index in [4.69, 9.17) is 22.1 Å². The second kappa shape index (κ2) is 5.09. The molecule has 0 spiro atoms. The largest absolute Gasteiger partial charge is 0.356 e. The molecule has 0 aromatic carbocycles. The molecule has 0 aliphatic rings. The van der Waals surface area contributed by atoms with Crippen molar-refractivity contribution in [2.75, 3.05) is 7.11 Å². The maximum atomic E-state index is 5.14. The number of rotatable bonds is 4. The Morgan fingerprint density at radius 3 is 2.22 bits per heavy atom. The first-order chi connectivity index (χ1) is 4.20. The summed E-state index contributed by atoms with van der Waals surface area (Å²) >= 11 is 4.79. The van der Waals surface area contributed by atoms with Gasteiger partial charge in [0.05, 0.1) is 0 Å². The van der Waals surface area contributed by atoms with Crippen LogP contribution in [0.4, 0.5) is 0 Å². The second-order valence-corrected chi connectivity index (χ2v) is 2.44. The zero-order valence-corrected chi connectivity index (χ0v) is 6.90. The summed E-state index contributed by atoms with van der Waals surface area (Å²) in [6, 6.07) is 0. The highest BCUT2D eigenvalue weighted by atomic mass is 32.1. The van der Waals surface area contributed by atoms with Gasteiger partial charge in [0.1, 0.15) is 5.44 Å². The predicted octanol–water partition coefficient (Wildman–Crippen LogP) is 1.93. The van der Waals surface area contributed by atoms with Crippen LogP contribution in [-0.4, -0.2) is 18.8 Å². The molecule has 0 aromatic rings. The third-order valence-corrected chi connectivity index (χ3v) is 1.05. The molecule has 0 saturated heterocycles. The molecule has 0 aliphatic heterocycles. The maximum absolute atomic E-state index is 5.14. The Kier molecular flexibility index (Phi) is 5.24. The van der Waals surface area contributed by atoms with E-state index in [1.165, 1.54) is 0 Å². The standard InChI is InChI=1S/C6H13O2S/c1-4-6(7-3)8-5(2)9/h5-6H,4H2,1-3H3. The molecule has 0 aromatic heterocycles. The number of hydrogen-bond donors (Lipinski definition) is 0. The zero-order chi connectivity index (χ0) is 7.28. The molecule has 0 aliphatic carbocycles. The molecule has 0 N–H and O–H groups in total. The van der Waals surface area contributed by atoms with Crippen molar-refractivity contribution in [2.45, 2.75) is 32.0 Å². The molecule has 3 heteroatoms. The van der Waals surface area contributed by atoms with Crippen LogP contribution in [0.15, 0.2) is 0 Å². The van der Waals surface area contributed by atoms with Gasteiger partial charge in [0.2, 0.25) is 0 Å². The van der Waals surface area contributed by atoms with Gasteiger partial charge >= 0.3 is 0 Å². The van der Waals surface area contributed by atoms with Gasteiger partial charge < -0.3 is 9.47 Å². The van der Waals surface area contributed by atoms with Crippen molar-refractivity contribution in [1.29, 1.82) is 0 Å². The molecule has 0 rings (SSSR count). The molecule has 9 heavy (non-hydrogen) atoms. The molecule has 2 nitrogen and oxygen atoms in total. The van der Waals surface area contributed by atoms with E-state index in [-0.39, 0.29) is 11.7 Å². The highest BCUT2D eigenvalue weighted by molar-refractivity contribution is 7.80. The van der Waals surface area contributed by atoms with E-state index in [2.05, 4.69) is 0 Å². The summed E-state index contributed by atoms with van der Waals surface area (Å²) < 4.78 is 10.1. The topological polar surface area (TPSA) is 18.5 Å². The first-order valence-electron chi connectivity index (χ1n) is 3.04. The normalized spacial score (nSPS) is 17.3. The first kappa shape index (κ1) is 9.27. The van der Waals surface area contributed by atoms with Crippen molar-refractivity contribution in [1.82, 2.24) is 0 Å². The average molecular weight is 149 g/mol. The van der Waals surface area contributed by atoms with E-state index < -0.39 is 0 Å². The van der Waals surface area contributed by atoms with E-state index >= 15 is 0 Å². The van der Waals surface area contributed by atoms with Crippen molar-refractivity contribution < 1.29 is 9.47 Å². The maximum Gasteiger partial charge on any atom is 0.158 e. The Bertz CT molecular complexity index is 62.1. The van der Waals surface area contributed by atoms with Crippen LogP contribution in [-0.2, 0) is 9.47 Å². The Labute approximate surface area is 61.9 Å². The van der Waals surface area contributed by atoms with Crippen molar-refractivity contribution in [2.24, 2.45) is 0 Å². The van der Waals surface area contributed by atoms with Gasteiger partial charge in [-0.15, -0.1) is 0 Å². The molecule has 0 fully saturated rings. The lowest BCUT2D eigenvalue weighted by atomic mass is 10.5. The van der Waals surface area contributed by atoms with Gasteiger partial charge in [-0.25, -0.2) is 0 Å². The highest BCUT2D eigenvalue weighted by Gasteiger charge is 2.05. The summed E-state index contributed by atoms with van der Waals surface area (Å²) in [6.07, 6.45) is 0.717. The quantitative estimate of drug-likeness (QED) is 0.569. The summed E-state index contributed by atoms with van der Waals surface area (Å²) in [7, 11) is 1.62. The van der Waals surface area contributed by atoms with Gasteiger partial charge in [-0.1, -0.05) is 19.6 Å². The molecule has 2 atom stereocenters. The summed E-state index contributed by atoms with van der Waals surface area (Å²) in [5, 5.41) is 0. The number of methoxy groups -OCH3 is 1. The van der Waals surface area contributed by atoms with Gasteiger partial charge in [0.15, 0.2) is 6.29 Å². The van der Waals surface area contributed by atoms with E-state index in [0.29, 0.717) is 0 Å². The van der Waals surface area contributed by atoms with E-state index in [1.807, 2.05) is 13.8 Å². The van der Waals surface area contributed by atoms with Crippen LogP contribution in [0.1, 0.15) is 20.3 Å². The van der Waals surface area contributed by atoms with Crippen molar-refractivity contribution in [3.8, 4) is 0 Å². The summed E-state index contributed by atoms with van der Waals surface area (Å²) in [5.74, 6) is 0. The third kappa shape index (κ3) is 4.75. The van der Waals surface area contributed by atoms with E-state index in [0.717, 1.165) is 6.42 Å². The fourth-order valence-corrected chi connectivity index (χ4v) is 0.656. The van der Waals surface area contributed by atoms with Crippen LogP contribution in [0.5, 0.6) is 0 Å². The van der Waals surface area contributed by atoms with Crippen molar-refractivity contribution >= 4 is 12.6 Å². The van der Waals surface area contributed by atoms with Crippen molar-refractivity contribution in [3.05, 3.63) is 0 Å². The van der Waals surface area contributed by atoms with Crippen LogP contribution < -0.4 is 0 Å². The molecule has 0 saturated carbocycles. The first-order valence-corrected chi connectivity index (χ1v) is 3.52. The summed E-state index contributed by atoms with van der Waals surface area (Å²) in [5.41, 5.74) is -0.158. The van der Waals surface area contributed by atoms with Crippen LogP contribution in [0.3, 0.4) is 0 Å². The number of ether oxygens (including phenoxy) is 2. The van der Waals surface area contributed by atoms with Crippen LogP contribution >= 0.6 is 12.6 Å². The van der Waals surface area contributed by atoms with Gasteiger partial charge in [-0.2, -0.15) is 0 Å². The Morgan fingerprint density at radius 1 is 1.56 bits per heavy atom. The molecule has 0 heterocycles. The van der Waals surface area contributed by atoms with E-state index in [1.54, 1.807) is 7.11 Å². The Balaban J connectivity index is 3.31.